The zero-order valence-corrected chi connectivity index (χ0v) is 6.77. The van der Waals surface area contributed by atoms with E-state index in [0.29, 0.717) is 0 Å². The van der Waals surface area contributed by atoms with Gasteiger partial charge in [0.25, 0.3) is 0 Å². The lowest BCUT2D eigenvalue weighted by atomic mass is 10.2. The first-order chi connectivity index (χ1) is 5.91. The van der Waals surface area contributed by atoms with Crippen LogP contribution in [-0.2, 0) is 4.79 Å². The molecule has 6 heteroatoms. The van der Waals surface area contributed by atoms with Gasteiger partial charge in [-0.15, -0.1) is 0 Å². The molecule has 0 saturated heterocycles. The molecule has 0 heterocycles. The summed E-state index contributed by atoms with van der Waals surface area (Å²) in [6.45, 7) is -0.316. The molecule has 1 saturated carbocycles. The fourth-order valence-corrected chi connectivity index (χ4v) is 0.945. The summed E-state index contributed by atoms with van der Waals surface area (Å²) in [6.07, 6.45) is -4.05. The number of carbonyl (C=O) groups excluding carboxylic acids is 1. The average molecular weight is 197 g/mol. The highest BCUT2D eigenvalue weighted by Crippen LogP contribution is 2.32. The van der Waals surface area contributed by atoms with Gasteiger partial charge in [0.15, 0.2) is 0 Å². The van der Waals surface area contributed by atoms with Crippen molar-refractivity contribution in [3.63, 3.8) is 0 Å². The van der Waals surface area contributed by atoms with Gasteiger partial charge in [-0.3, -0.25) is 4.79 Å². The molecule has 76 valence electrons. The molecule has 1 fully saturated rings. The van der Waals surface area contributed by atoms with Crippen molar-refractivity contribution in [2.75, 3.05) is 6.54 Å². The maximum absolute atomic E-state index is 11.6. The minimum atomic E-state index is -4.86. The van der Waals surface area contributed by atoms with Gasteiger partial charge in [-0.1, -0.05) is 0 Å². The molecule has 0 aromatic rings. The number of hydrogen-bond acceptors (Lipinski definition) is 2. The minimum Gasteiger partial charge on any atom is -0.391 e. The molecule has 1 rings (SSSR count). The summed E-state index contributed by atoms with van der Waals surface area (Å²) in [4.78, 5) is 10.3. The third-order valence-electron chi connectivity index (χ3n) is 1.90. The number of hydrogen-bond donors (Lipinski definition) is 2. The summed E-state index contributed by atoms with van der Waals surface area (Å²) < 4.78 is 34.9. The fraction of sp³-hybridized carbons (Fsp3) is 0.857. The number of halogens is 3. The first-order valence-electron chi connectivity index (χ1n) is 3.94. The van der Waals surface area contributed by atoms with Gasteiger partial charge in [-0.2, -0.15) is 13.2 Å². The molecule has 1 aliphatic carbocycles. The monoisotopic (exact) mass is 197 g/mol. The first kappa shape index (κ1) is 10.3. The Balaban J connectivity index is 2.21. The molecule has 2 N–H and O–H groups in total. The van der Waals surface area contributed by atoms with Crippen LogP contribution in [0.4, 0.5) is 13.2 Å². The number of aliphatic hydroxyl groups is 1. The van der Waals surface area contributed by atoms with Crippen LogP contribution < -0.4 is 5.32 Å². The molecule has 0 aromatic heterocycles. The molecule has 0 aliphatic heterocycles. The molecule has 1 atom stereocenters. The second kappa shape index (κ2) is 3.53. The van der Waals surface area contributed by atoms with Gasteiger partial charge in [-0.25, -0.2) is 0 Å². The SMILES string of the molecule is O=C(NCC(O)C1CC1)C(F)(F)F. The van der Waals surface area contributed by atoms with Gasteiger partial charge in [-0.05, 0) is 18.8 Å². The van der Waals surface area contributed by atoms with E-state index in [0.717, 1.165) is 12.8 Å². The van der Waals surface area contributed by atoms with Crippen LogP contribution in [0, 0.1) is 5.92 Å². The molecule has 1 amide bonds. The Labute approximate surface area is 72.9 Å². The molecule has 0 radical (unpaired) electrons. The lowest BCUT2D eigenvalue weighted by molar-refractivity contribution is -0.174. The Hall–Kier alpha value is -0.780. The molecular weight excluding hydrogens is 187 g/mol. The quantitative estimate of drug-likeness (QED) is 0.689. The van der Waals surface area contributed by atoms with Crippen molar-refractivity contribution in [1.29, 1.82) is 0 Å². The van der Waals surface area contributed by atoms with Crippen molar-refractivity contribution in [3.05, 3.63) is 0 Å². The summed E-state index contributed by atoms with van der Waals surface area (Å²) in [5, 5.41) is 10.8. The molecule has 3 nitrogen and oxygen atoms in total. The smallest absolute Gasteiger partial charge is 0.391 e. The minimum absolute atomic E-state index is 0.0635. The third-order valence-corrected chi connectivity index (χ3v) is 1.90. The summed E-state index contributed by atoms with van der Waals surface area (Å²) in [5.74, 6) is -1.93. The van der Waals surface area contributed by atoms with Crippen molar-refractivity contribution < 1.29 is 23.1 Å². The van der Waals surface area contributed by atoms with Crippen LogP contribution >= 0.6 is 0 Å². The van der Waals surface area contributed by atoms with E-state index < -0.39 is 18.2 Å². The van der Waals surface area contributed by atoms with Crippen LogP contribution in [-0.4, -0.2) is 29.8 Å². The van der Waals surface area contributed by atoms with Gasteiger partial charge in [0.1, 0.15) is 0 Å². The first-order valence-corrected chi connectivity index (χ1v) is 3.94. The van der Waals surface area contributed by atoms with E-state index in [4.69, 9.17) is 5.11 Å². The number of alkyl halides is 3. The summed E-state index contributed by atoms with van der Waals surface area (Å²) in [6, 6.07) is 0. The van der Waals surface area contributed by atoms with Gasteiger partial charge in [0.2, 0.25) is 0 Å². The van der Waals surface area contributed by atoms with Crippen LogP contribution in [0.1, 0.15) is 12.8 Å². The maximum atomic E-state index is 11.6. The van der Waals surface area contributed by atoms with E-state index in [9.17, 15) is 18.0 Å². The Kier molecular flexibility index (Phi) is 2.80. The Morgan fingerprint density at radius 2 is 2.08 bits per heavy atom. The number of aliphatic hydroxyl groups excluding tert-OH is 1. The third kappa shape index (κ3) is 3.22. The number of amides is 1. The maximum Gasteiger partial charge on any atom is 0.471 e. The Bertz CT molecular complexity index is 200. The van der Waals surface area contributed by atoms with Gasteiger partial charge in [0, 0.05) is 6.54 Å². The Morgan fingerprint density at radius 3 is 2.46 bits per heavy atom. The molecule has 0 bridgehead atoms. The second-order valence-electron chi connectivity index (χ2n) is 3.11. The largest absolute Gasteiger partial charge is 0.471 e. The zero-order valence-electron chi connectivity index (χ0n) is 6.77. The van der Waals surface area contributed by atoms with Crippen molar-refractivity contribution in [3.8, 4) is 0 Å². The lowest BCUT2D eigenvalue weighted by Crippen LogP contribution is -2.41. The molecule has 1 unspecified atom stereocenters. The van der Waals surface area contributed by atoms with Crippen LogP contribution in [0.3, 0.4) is 0 Å². The number of nitrogens with one attached hydrogen (secondary N) is 1. The van der Waals surface area contributed by atoms with E-state index in [1.54, 1.807) is 5.32 Å². The summed E-state index contributed by atoms with van der Waals surface area (Å²) in [7, 11) is 0. The van der Waals surface area contributed by atoms with Crippen molar-refractivity contribution in [2.45, 2.75) is 25.1 Å². The van der Waals surface area contributed by atoms with E-state index >= 15 is 0 Å². The normalized spacial score (nSPS) is 19.7. The second-order valence-corrected chi connectivity index (χ2v) is 3.11. The standard InChI is InChI=1S/C7H10F3NO2/c8-7(9,10)6(13)11-3-5(12)4-1-2-4/h4-5,12H,1-3H2,(H,11,13). The summed E-state index contributed by atoms with van der Waals surface area (Å²) in [5.41, 5.74) is 0. The highest BCUT2D eigenvalue weighted by atomic mass is 19.4. The van der Waals surface area contributed by atoms with Crippen LogP contribution in [0.15, 0.2) is 0 Å². The van der Waals surface area contributed by atoms with Crippen molar-refractivity contribution in [1.82, 2.24) is 5.32 Å². The average Bonchev–Trinajstić information content (AvgIpc) is 2.79. The Morgan fingerprint density at radius 1 is 1.54 bits per heavy atom. The number of rotatable bonds is 3. The zero-order chi connectivity index (χ0) is 10.1. The van der Waals surface area contributed by atoms with E-state index in [1.165, 1.54) is 0 Å². The van der Waals surface area contributed by atoms with Crippen LogP contribution in [0.5, 0.6) is 0 Å². The topological polar surface area (TPSA) is 49.3 Å². The summed E-state index contributed by atoms with van der Waals surface area (Å²) >= 11 is 0. The van der Waals surface area contributed by atoms with Crippen LogP contribution in [0.2, 0.25) is 0 Å². The molecule has 0 spiro atoms. The van der Waals surface area contributed by atoms with Crippen LogP contribution in [0.25, 0.3) is 0 Å². The van der Waals surface area contributed by atoms with Crippen molar-refractivity contribution >= 4 is 5.91 Å². The van der Waals surface area contributed by atoms with Gasteiger partial charge in [0.05, 0.1) is 6.10 Å². The van der Waals surface area contributed by atoms with Gasteiger partial charge < -0.3 is 10.4 Å². The fourth-order valence-electron chi connectivity index (χ4n) is 0.945. The highest BCUT2D eigenvalue weighted by molar-refractivity contribution is 5.81. The lowest BCUT2D eigenvalue weighted by Gasteiger charge is -2.11. The molecule has 13 heavy (non-hydrogen) atoms. The predicted molar refractivity (Wildman–Crippen MR) is 37.8 cm³/mol. The van der Waals surface area contributed by atoms with E-state index in [-0.39, 0.29) is 12.5 Å². The number of carbonyl (C=O) groups is 1. The van der Waals surface area contributed by atoms with Gasteiger partial charge >= 0.3 is 12.1 Å². The van der Waals surface area contributed by atoms with Crippen molar-refractivity contribution in [2.24, 2.45) is 5.92 Å². The predicted octanol–water partition coefficient (Wildman–Crippen LogP) is 0.436. The molecule has 1 aliphatic rings. The molecular formula is C7H10F3NO2. The van der Waals surface area contributed by atoms with E-state index in [2.05, 4.69) is 0 Å². The molecule has 0 aromatic carbocycles. The van der Waals surface area contributed by atoms with E-state index in [1.807, 2.05) is 0 Å². The highest BCUT2D eigenvalue weighted by Gasteiger charge is 2.39.